The maximum Gasteiger partial charge on any atom is 0.396 e. The van der Waals surface area contributed by atoms with Crippen molar-refractivity contribution in [2.24, 2.45) is 0 Å². The molecule has 0 aliphatic rings. The predicted octanol–water partition coefficient (Wildman–Crippen LogP) is -1.08. The van der Waals surface area contributed by atoms with Crippen LogP contribution >= 0.6 is 0 Å². The molecule has 0 spiro atoms. The van der Waals surface area contributed by atoms with Gasteiger partial charge in [-0.25, -0.2) is 9.86 Å². The zero-order valence-electron chi connectivity index (χ0n) is 4.16. The van der Waals surface area contributed by atoms with Crippen molar-refractivity contribution in [2.75, 3.05) is 7.05 Å². The van der Waals surface area contributed by atoms with Crippen LogP contribution < -0.4 is 0 Å². The normalized spacial score (nSPS) is 8.25. The molecule has 0 rings (SSSR count). The van der Waals surface area contributed by atoms with E-state index < -0.39 is 11.9 Å². The van der Waals surface area contributed by atoms with E-state index in [0.717, 1.165) is 7.05 Å². The summed E-state index contributed by atoms with van der Waals surface area (Å²) in [6, 6.07) is 0. The lowest BCUT2D eigenvalue weighted by molar-refractivity contribution is -0.173. The Kier molecular flexibility index (Phi) is 1.96. The number of amides is 1. The molecule has 5 nitrogen and oxygen atoms in total. The topological polar surface area (TPSA) is 77.8 Å². The van der Waals surface area contributed by atoms with E-state index in [9.17, 15) is 9.59 Å². The molecule has 0 aromatic heterocycles. The highest BCUT2D eigenvalue weighted by atomic mass is 16.5. The molecular formula is C3H5NO4. The summed E-state index contributed by atoms with van der Waals surface area (Å²) < 4.78 is 0. The molecule has 0 saturated carbocycles. The van der Waals surface area contributed by atoms with Crippen LogP contribution in [0, 0.1) is 0 Å². The maximum absolute atomic E-state index is 9.92. The van der Waals surface area contributed by atoms with Gasteiger partial charge in [0.1, 0.15) is 0 Å². The van der Waals surface area contributed by atoms with Crippen LogP contribution in [-0.4, -0.2) is 34.3 Å². The molecule has 5 heteroatoms. The number of likely N-dealkylation sites (N-methyl/N-ethyl adjacent to an activating group) is 1. The molecule has 2 N–H and O–H groups in total. The van der Waals surface area contributed by atoms with Gasteiger partial charge in [-0.3, -0.25) is 10.0 Å². The van der Waals surface area contributed by atoms with Crippen molar-refractivity contribution < 1.29 is 19.9 Å². The Bertz CT molecular complexity index is 118. The molecule has 0 saturated heterocycles. The number of carboxylic acid groups (broad SMARTS) is 1. The molecule has 0 aliphatic heterocycles. The smallest absolute Gasteiger partial charge is 0.396 e. The number of carbonyl (C=O) groups is 2. The summed E-state index contributed by atoms with van der Waals surface area (Å²) in [5, 5.41) is 15.9. The van der Waals surface area contributed by atoms with Gasteiger partial charge in [-0.2, -0.15) is 0 Å². The first-order chi connectivity index (χ1) is 3.55. The van der Waals surface area contributed by atoms with Crippen LogP contribution in [0.2, 0.25) is 0 Å². The van der Waals surface area contributed by atoms with Crippen LogP contribution in [0.15, 0.2) is 0 Å². The van der Waals surface area contributed by atoms with Gasteiger partial charge in [0.15, 0.2) is 0 Å². The number of hydrogen-bond acceptors (Lipinski definition) is 3. The molecule has 0 bridgehead atoms. The summed E-state index contributed by atoms with van der Waals surface area (Å²) >= 11 is 0. The van der Waals surface area contributed by atoms with Crippen molar-refractivity contribution in [3.05, 3.63) is 0 Å². The van der Waals surface area contributed by atoms with E-state index in [1.807, 2.05) is 0 Å². The first-order valence-electron chi connectivity index (χ1n) is 1.75. The van der Waals surface area contributed by atoms with Crippen LogP contribution in [0.1, 0.15) is 0 Å². The van der Waals surface area contributed by atoms with E-state index >= 15 is 0 Å². The fraction of sp³-hybridized carbons (Fsp3) is 0.333. The second-order valence-corrected chi connectivity index (χ2v) is 1.13. The minimum absolute atomic E-state index is 0.00231. The fourth-order valence-electron chi connectivity index (χ4n) is 0.138. The minimum Gasteiger partial charge on any atom is -0.474 e. The van der Waals surface area contributed by atoms with Gasteiger partial charge in [-0.05, 0) is 0 Å². The summed E-state index contributed by atoms with van der Waals surface area (Å²) in [6.45, 7) is 0. The van der Waals surface area contributed by atoms with Crippen LogP contribution in [0.3, 0.4) is 0 Å². The van der Waals surface area contributed by atoms with Crippen molar-refractivity contribution in [3.8, 4) is 0 Å². The molecule has 0 fully saturated rings. The Morgan fingerprint density at radius 3 is 1.88 bits per heavy atom. The number of rotatable bonds is 0. The zero-order chi connectivity index (χ0) is 6.73. The average Bonchev–Trinajstić information content (AvgIpc) is 1.64. The number of hydrogen-bond donors (Lipinski definition) is 2. The van der Waals surface area contributed by atoms with Gasteiger partial charge in [-0.1, -0.05) is 0 Å². The number of hydroxylamine groups is 2. The summed E-state index contributed by atoms with van der Waals surface area (Å²) in [5.74, 6) is -3.01. The van der Waals surface area contributed by atoms with Crippen molar-refractivity contribution in [3.63, 3.8) is 0 Å². The number of carbonyl (C=O) groups excluding carboxylic acids is 1. The Labute approximate surface area is 45.1 Å². The number of aliphatic carboxylic acids is 1. The third-order valence-electron chi connectivity index (χ3n) is 0.477. The highest BCUT2D eigenvalue weighted by Crippen LogP contribution is 1.74. The SMILES string of the molecule is CN(O)C(=O)C(=O)O. The maximum atomic E-state index is 9.92. The third-order valence-corrected chi connectivity index (χ3v) is 0.477. The molecule has 1 amide bonds. The van der Waals surface area contributed by atoms with Gasteiger partial charge in [0.2, 0.25) is 0 Å². The molecule has 0 aliphatic carbocycles. The first kappa shape index (κ1) is 6.90. The molecule has 8 heavy (non-hydrogen) atoms. The quantitative estimate of drug-likeness (QED) is 0.241. The molecule has 0 aromatic rings. The lowest BCUT2D eigenvalue weighted by Crippen LogP contribution is -2.29. The van der Waals surface area contributed by atoms with E-state index in [0.29, 0.717) is 0 Å². The summed E-state index contributed by atoms with van der Waals surface area (Å²) in [7, 11) is 0.941. The summed E-state index contributed by atoms with van der Waals surface area (Å²) in [6.07, 6.45) is 0. The van der Waals surface area contributed by atoms with E-state index in [1.165, 1.54) is 0 Å². The van der Waals surface area contributed by atoms with Gasteiger partial charge in [0.25, 0.3) is 0 Å². The predicted molar refractivity (Wildman–Crippen MR) is 22.2 cm³/mol. The number of carboxylic acids is 1. The summed E-state index contributed by atoms with van der Waals surface area (Å²) in [4.78, 5) is 19.5. The highest BCUT2D eigenvalue weighted by Gasteiger charge is 2.13. The molecular weight excluding hydrogens is 114 g/mol. The van der Waals surface area contributed by atoms with Crippen molar-refractivity contribution in [2.45, 2.75) is 0 Å². The van der Waals surface area contributed by atoms with Crippen LogP contribution in [0.5, 0.6) is 0 Å². The van der Waals surface area contributed by atoms with Crippen LogP contribution in [-0.2, 0) is 9.59 Å². The van der Waals surface area contributed by atoms with Crippen molar-refractivity contribution in [1.82, 2.24) is 5.06 Å². The lowest BCUT2D eigenvalue weighted by atomic mass is 10.6. The van der Waals surface area contributed by atoms with Crippen molar-refractivity contribution >= 4 is 11.9 Å². The van der Waals surface area contributed by atoms with Crippen LogP contribution in [0.25, 0.3) is 0 Å². The van der Waals surface area contributed by atoms with E-state index in [4.69, 9.17) is 10.3 Å². The highest BCUT2D eigenvalue weighted by molar-refractivity contribution is 6.30. The van der Waals surface area contributed by atoms with E-state index in [-0.39, 0.29) is 5.06 Å². The zero-order valence-corrected chi connectivity index (χ0v) is 4.16. The van der Waals surface area contributed by atoms with E-state index in [2.05, 4.69) is 0 Å². The first-order valence-corrected chi connectivity index (χ1v) is 1.75. The Morgan fingerprint density at radius 1 is 1.50 bits per heavy atom. The van der Waals surface area contributed by atoms with E-state index in [1.54, 1.807) is 0 Å². The molecule has 0 unspecified atom stereocenters. The second-order valence-electron chi connectivity index (χ2n) is 1.13. The monoisotopic (exact) mass is 119 g/mol. The van der Waals surface area contributed by atoms with Gasteiger partial charge in [0, 0.05) is 7.05 Å². The van der Waals surface area contributed by atoms with Gasteiger partial charge < -0.3 is 5.11 Å². The van der Waals surface area contributed by atoms with Crippen molar-refractivity contribution in [1.29, 1.82) is 0 Å². The van der Waals surface area contributed by atoms with Crippen LogP contribution in [0.4, 0.5) is 0 Å². The molecule has 0 aromatic carbocycles. The standard InChI is InChI=1S/C3H5NO4/c1-4(8)2(5)3(6)7/h8H,1H3,(H,6,7). The van der Waals surface area contributed by atoms with Gasteiger partial charge in [0.05, 0.1) is 0 Å². The Balaban J connectivity index is 3.84. The minimum atomic E-state index is -1.67. The third kappa shape index (κ3) is 1.57. The van der Waals surface area contributed by atoms with Gasteiger partial charge in [-0.15, -0.1) is 0 Å². The lowest BCUT2D eigenvalue weighted by Gasteiger charge is -2.01. The average molecular weight is 119 g/mol. The summed E-state index contributed by atoms with van der Waals surface area (Å²) in [5.41, 5.74) is 0. The second kappa shape index (κ2) is 2.27. The largest absolute Gasteiger partial charge is 0.474 e. The molecule has 0 radical (unpaired) electrons. The molecule has 0 atom stereocenters. The number of nitrogens with zero attached hydrogens (tertiary/aromatic N) is 1. The Morgan fingerprint density at radius 2 is 1.88 bits per heavy atom. The Hall–Kier alpha value is -1.10. The fourth-order valence-corrected chi connectivity index (χ4v) is 0.138. The van der Waals surface area contributed by atoms with Gasteiger partial charge >= 0.3 is 11.9 Å². The molecule has 46 valence electrons. The molecule has 0 heterocycles.